The summed E-state index contributed by atoms with van der Waals surface area (Å²) < 4.78 is 58.3. The van der Waals surface area contributed by atoms with Gasteiger partial charge in [-0.05, 0) is 62.1 Å². The Morgan fingerprint density at radius 3 is 1.31 bits per heavy atom. The minimum absolute atomic E-state index is 0.136. The van der Waals surface area contributed by atoms with Crippen LogP contribution in [-0.4, -0.2) is 50.6 Å². The molecule has 0 saturated carbocycles. The van der Waals surface area contributed by atoms with Crippen molar-refractivity contribution in [3.63, 3.8) is 0 Å². The second kappa shape index (κ2) is 10.3. The smallest absolute Gasteiger partial charge is 0.207 e. The second-order valence-electron chi connectivity index (χ2n) is 9.30. The molecule has 0 aromatic heterocycles. The van der Waals surface area contributed by atoms with Gasteiger partial charge < -0.3 is 0 Å². The fraction of sp³-hybridized carbons (Fsp3) is 0.286. The van der Waals surface area contributed by atoms with Gasteiger partial charge in [-0.3, -0.25) is 0 Å². The number of rotatable bonds is 7. The molecule has 0 spiro atoms. The zero-order valence-electron chi connectivity index (χ0n) is 20.7. The Balaban J connectivity index is 1.80. The molecule has 36 heavy (non-hydrogen) atoms. The van der Waals surface area contributed by atoms with Crippen molar-refractivity contribution >= 4 is 20.0 Å². The van der Waals surface area contributed by atoms with Gasteiger partial charge in [0, 0.05) is 25.2 Å². The van der Waals surface area contributed by atoms with Crippen molar-refractivity contribution in [2.75, 3.05) is 13.1 Å². The molecule has 6 nitrogen and oxygen atoms in total. The van der Waals surface area contributed by atoms with Crippen LogP contribution in [-0.2, 0) is 20.0 Å². The van der Waals surface area contributed by atoms with E-state index in [-0.39, 0.29) is 22.9 Å². The van der Waals surface area contributed by atoms with Crippen molar-refractivity contribution in [2.45, 2.75) is 48.6 Å². The number of benzene rings is 2. The highest BCUT2D eigenvalue weighted by Crippen LogP contribution is 2.35. The summed E-state index contributed by atoms with van der Waals surface area (Å²) in [5.74, 6) is 0. The van der Waals surface area contributed by atoms with E-state index in [1.54, 1.807) is 60.7 Å². The van der Waals surface area contributed by atoms with Crippen LogP contribution in [0.3, 0.4) is 0 Å². The zero-order valence-corrected chi connectivity index (χ0v) is 22.3. The van der Waals surface area contributed by atoms with Crippen molar-refractivity contribution < 1.29 is 16.8 Å². The minimum Gasteiger partial charge on any atom is -0.207 e. The first-order chi connectivity index (χ1) is 17.1. The van der Waals surface area contributed by atoms with E-state index < -0.39 is 32.1 Å². The van der Waals surface area contributed by atoms with Crippen molar-refractivity contribution in [3.8, 4) is 0 Å². The normalized spacial score (nSPS) is 21.9. The molecular formula is C28H32N2O4S2. The zero-order chi connectivity index (χ0) is 26.1. The number of hydrogen-bond acceptors (Lipinski definition) is 4. The van der Waals surface area contributed by atoms with E-state index in [1.165, 1.54) is 8.61 Å². The maximum Gasteiger partial charge on any atom is 0.243 e. The quantitative estimate of drug-likeness (QED) is 0.524. The van der Waals surface area contributed by atoms with Gasteiger partial charge in [-0.2, -0.15) is 8.61 Å². The first-order valence-electron chi connectivity index (χ1n) is 11.9. The van der Waals surface area contributed by atoms with Crippen LogP contribution in [0, 0.1) is 13.8 Å². The first-order valence-corrected chi connectivity index (χ1v) is 14.8. The second-order valence-corrected chi connectivity index (χ2v) is 13.1. The molecule has 2 aliphatic rings. The Kier molecular flexibility index (Phi) is 7.52. The van der Waals surface area contributed by atoms with Crippen LogP contribution in [0.25, 0.3) is 0 Å². The molecule has 0 saturated heterocycles. The molecule has 0 radical (unpaired) electrons. The van der Waals surface area contributed by atoms with Crippen LogP contribution < -0.4 is 0 Å². The molecule has 190 valence electrons. The summed E-state index contributed by atoms with van der Waals surface area (Å²) in [6, 6.07) is 12.3. The Morgan fingerprint density at radius 1 is 0.667 bits per heavy atom. The fourth-order valence-electron chi connectivity index (χ4n) is 4.71. The first kappa shape index (κ1) is 26.3. The van der Waals surface area contributed by atoms with E-state index >= 15 is 0 Å². The summed E-state index contributed by atoms with van der Waals surface area (Å²) in [6.45, 7) is 11.7. The average Bonchev–Trinajstić information content (AvgIpc) is 2.88. The molecule has 2 aromatic carbocycles. The predicted molar refractivity (Wildman–Crippen MR) is 144 cm³/mol. The Hall–Kier alpha value is -2.78. The van der Waals surface area contributed by atoms with Crippen LogP contribution in [0.4, 0.5) is 0 Å². The molecule has 4 rings (SSSR count). The highest BCUT2D eigenvalue weighted by atomic mass is 32.2. The van der Waals surface area contributed by atoms with Gasteiger partial charge >= 0.3 is 0 Å². The molecule has 2 aliphatic heterocycles. The molecule has 0 fully saturated rings. The Morgan fingerprint density at radius 2 is 1.00 bits per heavy atom. The lowest BCUT2D eigenvalue weighted by molar-refractivity contribution is 0.192. The molecule has 2 aromatic rings. The summed E-state index contributed by atoms with van der Waals surface area (Å²) in [5.41, 5.74) is 3.52. The summed E-state index contributed by atoms with van der Waals surface area (Å²) in [5, 5.41) is 0. The van der Waals surface area contributed by atoms with Gasteiger partial charge in [0.1, 0.15) is 0 Å². The van der Waals surface area contributed by atoms with Crippen LogP contribution in [0.5, 0.6) is 0 Å². The number of sulfonamides is 2. The molecule has 0 amide bonds. The number of aryl methyl sites for hydroxylation is 2. The third kappa shape index (κ3) is 5.04. The SMILES string of the molecule is C=CC1=CC[C@H]([C@@H]2CC=C(C=C)CN2S(=O)(=O)c2ccc(C)cc2)N(S(=O)(=O)c2ccc(C)cc2)C1. The minimum atomic E-state index is -3.90. The molecule has 0 unspecified atom stereocenters. The van der Waals surface area contributed by atoms with E-state index in [1.807, 2.05) is 26.0 Å². The monoisotopic (exact) mass is 524 g/mol. The van der Waals surface area contributed by atoms with Gasteiger partial charge in [0.25, 0.3) is 0 Å². The maximum absolute atomic E-state index is 13.9. The molecule has 2 heterocycles. The topological polar surface area (TPSA) is 74.8 Å². The van der Waals surface area contributed by atoms with E-state index in [2.05, 4.69) is 13.2 Å². The highest BCUT2D eigenvalue weighted by molar-refractivity contribution is 7.89. The van der Waals surface area contributed by atoms with Crippen LogP contribution >= 0.6 is 0 Å². The van der Waals surface area contributed by atoms with Gasteiger partial charge in [0.05, 0.1) is 9.79 Å². The number of hydrogen-bond donors (Lipinski definition) is 0. The van der Waals surface area contributed by atoms with Crippen molar-refractivity contribution in [1.29, 1.82) is 0 Å². The summed E-state index contributed by atoms with van der Waals surface area (Å²) >= 11 is 0. The van der Waals surface area contributed by atoms with Crippen molar-refractivity contribution in [1.82, 2.24) is 8.61 Å². The molecule has 0 aliphatic carbocycles. The van der Waals surface area contributed by atoms with Gasteiger partial charge in [0.15, 0.2) is 0 Å². The maximum atomic E-state index is 13.9. The predicted octanol–water partition coefficient (Wildman–Crippen LogP) is 4.75. The van der Waals surface area contributed by atoms with Crippen LogP contribution in [0.2, 0.25) is 0 Å². The molecule has 0 N–H and O–H groups in total. The summed E-state index contributed by atoms with van der Waals surface area (Å²) in [4.78, 5) is 0.379. The lowest BCUT2D eigenvalue weighted by atomic mass is 9.93. The van der Waals surface area contributed by atoms with E-state index in [0.717, 1.165) is 22.3 Å². The highest BCUT2D eigenvalue weighted by Gasteiger charge is 2.44. The van der Waals surface area contributed by atoms with Gasteiger partial charge in [0.2, 0.25) is 20.0 Å². The van der Waals surface area contributed by atoms with E-state index in [4.69, 9.17) is 0 Å². The number of nitrogens with zero attached hydrogens (tertiary/aromatic N) is 2. The summed E-state index contributed by atoms with van der Waals surface area (Å²) in [7, 11) is -7.79. The molecule has 8 heteroatoms. The average molecular weight is 525 g/mol. The third-order valence-electron chi connectivity index (χ3n) is 6.88. The fourth-order valence-corrected chi connectivity index (χ4v) is 8.02. The molecule has 0 bridgehead atoms. The lowest BCUT2D eigenvalue weighted by Crippen LogP contribution is -2.57. The van der Waals surface area contributed by atoms with Crippen molar-refractivity contribution in [2.24, 2.45) is 0 Å². The standard InChI is InChI=1S/C28H32N2O4S2/c1-5-23-11-17-27(29(19-23)35(31,32)25-13-7-21(3)8-14-25)28-18-12-24(6-2)20-30(28)36(33,34)26-15-9-22(4)10-16-26/h5-16,27-28H,1-2,17-20H2,3-4H3/t27-,28+. The van der Waals surface area contributed by atoms with Gasteiger partial charge in [-0.1, -0.05) is 72.9 Å². The van der Waals surface area contributed by atoms with Crippen LogP contribution in [0.1, 0.15) is 24.0 Å². The Bertz CT molecular complexity index is 1310. The summed E-state index contributed by atoms with van der Waals surface area (Å²) in [6.07, 6.45) is 8.00. The molecular weight excluding hydrogens is 492 g/mol. The van der Waals surface area contributed by atoms with Crippen molar-refractivity contribution in [3.05, 3.63) is 108 Å². The lowest BCUT2D eigenvalue weighted by Gasteiger charge is -2.44. The van der Waals surface area contributed by atoms with E-state index in [9.17, 15) is 16.8 Å². The van der Waals surface area contributed by atoms with Gasteiger partial charge in [-0.25, -0.2) is 16.8 Å². The Labute approximate surface area is 215 Å². The van der Waals surface area contributed by atoms with E-state index in [0.29, 0.717) is 12.8 Å². The van der Waals surface area contributed by atoms with Crippen LogP contribution in [0.15, 0.2) is 107 Å². The largest absolute Gasteiger partial charge is 0.243 e. The third-order valence-corrected chi connectivity index (χ3v) is 10.7. The van der Waals surface area contributed by atoms with Gasteiger partial charge in [-0.15, -0.1) is 0 Å². The molecule has 2 atom stereocenters.